The van der Waals surface area contributed by atoms with Crippen LogP contribution in [0, 0.1) is 12.7 Å². The Balaban J connectivity index is 2.22. The van der Waals surface area contributed by atoms with Crippen LogP contribution in [0.1, 0.15) is 15.9 Å². The summed E-state index contributed by atoms with van der Waals surface area (Å²) in [6.07, 6.45) is 0. The second-order valence-corrected chi connectivity index (χ2v) is 5.87. The number of anilines is 1. The summed E-state index contributed by atoms with van der Waals surface area (Å²) >= 11 is 6.41. The summed E-state index contributed by atoms with van der Waals surface area (Å²) in [6, 6.07) is 9.85. The molecule has 0 radical (unpaired) electrons. The Morgan fingerprint density at radius 3 is 2.53 bits per heavy atom. The van der Waals surface area contributed by atoms with E-state index >= 15 is 0 Å². The van der Waals surface area contributed by atoms with E-state index in [4.69, 9.17) is 0 Å². The van der Waals surface area contributed by atoms with E-state index < -0.39 is 5.82 Å². The van der Waals surface area contributed by atoms with Gasteiger partial charge in [-0.1, -0.05) is 15.9 Å². The Hall–Kier alpha value is -1.20. The summed E-state index contributed by atoms with van der Waals surface area (Å²) < 4.78 is 14.6. The van der Waals surface area contributed by atoms with Crippen molar-refractivity contribution in [3.05, 3.63) is 62.3 Å². The van der Waals surface area contributed by atoms with Crippen molar-refractivity contribution in [3.8, 4) is 0 Å². The maximum Gasteiger partial charge on any atom is 0.255 e. The van der Waals surface area contributed by atoms with Gasteiger partial charge in [0, 0.05) is 15.7 Å². The van der Waals surface area contributed by atoms with E-state index in [1.54, 1.807) is 12.1 Å². The minimum Gasteiger partial charge on any atom is -0.322 e. The van der Waals surface area contributed by atoms with Gasteiger partial charge >= 0.3 is 0 Å². The molecule has 2 nitrogen and oxygen atoms in total. The van der Waals surface area contributed by atoms with Crippen molar-refractivity contribution in [3.63, 3.8) is 0 Å². The van der Waals surface area contributed by atoms with Crippen molar-refractivity contribution < 1.29 is 9.18 Å². The predicted octanol–water partition coefficient (Wildman–Crippen LogP) is 4.91. The Morgan fingerprint density at radius 2 is 1.89 bits per heavy atom. The topological polar surface area (TPSA) is 29.1 Å². The molecule has 0 heterocycles. The van der Waals surface area contributed by atoms with E-state index in [1.807, 2.05) is 19.1 Å². The average Bonchev–Trinajstić information content (AvgIpc) is 2.31. The molecule has 0 aromatic heterocycles. The van der Waals surface area contributed by atoms with Gasteiger partial charge in [-0.25, -0.2) is 4.39 Å². The van der Waals surface area contributed by atoms with Gasteiger partial charge in [-0.05, 0) is 64.8 Å². The summed E-state index contributed by atoms with van der Waals surface area (Å²) in [5, 5.41) is 2.74. The summed E-state index contributed by atoms with van der Waals surface area (Å²) in [4.78, 5) is 12.0. The molecule has 98 valence electrons. The number of halogens is 3. The third kappa shape index (κ3) is 3.64. The first-order chi connectivity index (χ1) is 8.95. The van der Waals surface area contributed by atoms with Gasteiger partial charge in [0.1, 0.15) is 5.82 Å². The van der Waals surface area contributed by atoms with Gasteiger partial charge in [0.05, 0.1) is 4.47 Å². The molecule has 2 aromatic carbocycles. The summed E-state index contributed by atoms with van der Waals surface area (Å²) in [5.41, 5.74) is 1.96. The van der Waals surface area contributed by atoms with Crippen molar-refractivity contribution in [1.29, 1.82) is 0 Å². The Kier molecular flexibility index (Phi) is 4.37. The highest BCUT2D eigenvalue weighted by molar-refractivity contribution is 9.10. The van der Waals surface area contributed by atoms with Gasteiger partial charge in [-0.3, -0.25) is 4.79 Å². The lowest BCUT2D eigenvalue weighted by molar-refractivity contribution is 0.102. The molecule has 1 N–H and O–H groups in total. The fourth-order valence-electron chi connectivity index (χ4n) is 1.65. The summed E-state index contributed by atoms with van der Waals surface area (Å²) in [6.45, 7) is 1.93. The van der Waals surface area contributed by atoms with Crippen LogP contribution in [0.3, 0.4) is 0 Å². The smallest absolute Gasteiger partial charge is 0.255 e. The second kappa shape index (κ2) is 5.84. The van der Waals surface area contributed by atoms with Crippen LogP contribution in [0.25, 0.3) is 0 Å². The molecule has 0 unspecified atom stereocenters. The molecule has 5 heteroatoms. The highest BCUT2D eigenvalue weighted by Gasteiger charge is 2.09. The third-order valence-electron chi connectivity index (χ3n) is 2.48. The van der Waals surface area contributed by atoms with Crippen LogP contribution >= 0.6 is 31.9 Å². The number of carbonyl (C=O) groups is 1. The monoisotopic (exact) mass is 385 g/mol. The van der Waals surface area contributed by atoms with Crippen LogP contribution in [-0.4, -0.2) is 5.91 Å². The first-order valence-electron chi connectivity index (χ1n) is 5.49. The van der Waals surface area contributed by atoms with E-state index in [1.165, 1.54) is 12.1 Å². The molecule has 0 aliphatic carbocycles. The second-order valence-electron chi connectivity index (χ2n) is 4.10. The first-order valence-corrected chi connectivity index (χ1v) is 7.08. The van der Waals surface area contributed by atoms with E-state index in [0.717, 1.165) is 10.0 Å². The number of rotatable bonds is 2. The molecule has 0 bridgehead atoms. The fraction of sp³-hybridized carbons (Fsp3) is 0.0714. The van der Waals surface area contributed by atoms with Crippen molar-refractivity contribution in [1.82, 2.24) is 0 Å². The lowest BCUT2D eigenvalue weighted by atomic mass is 10.2. The maximum absolute atomic E-state index is 13.4. The summed E-state index contributed by atoms with van der Waals surface area (Å²) in [7, 11) is 0. The average molecular weight is 387 g/mol. The Morgan fingerprint density at radius 1 is 1.16 bits per heavy atom. The number of aryl methyl sites for hydroxylation is 1. The zero-order valence-electron chi connectivity index (χ0n) is 10.0. The molecule has 2 rings (SSSR count). The standard InChI is InChI=1S/C14H10Br2FNO/c1-8-4-10(15)7-11(5-8)18-14(19)9-2-3-12(16)13(17)6-9/h2-7H,1H3,(H,18,19). The molecule has 0 atom stereocenters. The fourth-order valence-corrected chi connectivity index (χ4v) is 2.50. The Bertz CT molecular complexity index is 623. The molecule has 0 saturated carbocycles. The number of amides is 1. The van der Waals surface area contributed by atoms with Crippen LogP contribution in [0.5, 0.6) is 0 Å². The molecule has 0 spiro atoms. The zero-order valence-corrected chi connectivity index (χ0v) is 13.2. The van der Waals surface area contributed by atoms with Gasteiger partial charge in [-0.15, -0.1) is 0 Å². The predicted molar refractivity (Wildman–Crippen MR) is 80.9 cm³/mol. The maximum atomic E-state index is 13.4. The first kappa shape index (κ1) is 14.2. The molecule has 0 aliphatic heterocycles. The molecule has 0 aliphatic rings. The van der Waals surface area contributed by atoms with Gasteiger partial charge in [0.25, 0.3) is 5.91 Å². The SMILES string of the molecule is Cc1cc(Br)cc(NC(=O)c2ccc(Br)c(F)c2)c1. The lowest BCUT2D eigenvalue weighted by Crippen LogP contribution is -2.12. The highest BCUT2D eigenvalue weighted by atomic mass is 79.9. The molecule has 0 saturated heterocycles. The summed E-state index contributed by atoms with van der Waals surface area (Å²) in [5.74, 6) is -0.804. The molecule has 1 amide bonds. The van der Waals surface area contributed by atoms with Gasteiger partial charge < -0.3 is 5.32 Å². The van der Waals surface area contributed by atoms with Crippen LogP contribution < -0.4 is 5.32 Å². The van der Waals surface area contributed by atoms with Gasteiger partial charge in [0.2, 0.25) is 0 Å². The van der Waals surface area contributed by atoms with Crippen molar-refractivity contribution in [2.75, 3.05) is 5.32 Å². The van der Waals surface area contributed by atoms with Crippen molar-refractivity contribution in [2.45, 2.75) is 6.92 Å². The molecule has 2 aromatic rings. The zero-order chi connectivity index (χ0) is 14.0. The number of hydrogen-bond donors (Lipinski definition) is 1. The van der Waals surface area contributed by atoms with Crippen molar-refractivity contribution >= 4 is 43.5 Å². The quantitative estimate of drug-likeness (QED) is 0.780. The highest BCUT2D eigenvalue weighted by Crippen LogP contribution is 2.21. The Labute approximate surface area is 127 Å². The number of carbonyl (C=O) groups excluding carboxylic acids is 1. The normalized spacial score (nSPS) is 10.3. The van der Waals surface area contributed by atoms with Gasteiger partial charge in [-0.2, -0.15) is 0 Å². The van der Waals surface area contributed by atoms with Crippen LogP contribution in [0.15, 0.2) is 45.3 Å². The van der Waals surface area contributed by atoms with Crippen LogP contribution in [-0.2, 0) is 0 Å². The molecular formula is C14H10Br2FNO. The minimum absolute atomic E-state index is 0.276. The van der Waals surface area contributed by atoms with E-state index in [9.17, 15) is 9.18 Å². The van der Waals surface area contributed by atoms with Gasteiger partial charge in [0.15, 0.2) is 0 Å². The number of nitrogens with one attached hydrogen (secondary N) is 1. The minimum atomic E-state index is -0.460. The third-order valence-corrected chi connectivity index (χ3v) is 3.58. The van der Waals surface area contributed by atoms with Crippen LogP contribution in [0.2, 0.25) is 0 Å². The van der Waals surface area contributed by atoms with E-state index in [0.29, 0.717) is 10.2 Å². The molecular weight excluding hydrogens is 377 g/mol. The van der Waals surface area contributed by atoms with Crippen molar-refractivity contribution in [2.24, 2.45) is 0 Å². The number of hydrogen-bond acceptors (Lipinski definition) is 1. The largest absolute Gasteiger partial charge is 0.322 e. The van der Waals surface area contributed by atoms with E-state index in [-0.39, 0.29) is 11.5 Å². The molecule has 0 fully saturated rings. The number of benzene rings is 2. The van der Waals surface area contributed by atoms with E-state index in [2.05, 4.69) is 37.2 Å². The van der Waals surface area contributed by atoms with Crippen LogP contribution in [0.4, 0.5) is 10.1 Å². The molecule has 19 heavy (non-hydrogen) atoms. The lowest BCUT2D eigenvalue weighted by Gasteiger charge is -2.07.